The summed E-state index contributed by atoms with van der Waals surface area (Å²) in [6, 6.07) is 14.5. The van der Waals surface area contributed by atoms with Crippen LogP contribution in [-0.2, 0) is 17.5 Å². The van der Waals surface area contributed by atoms with Crippen molar-refractivity contribution in [2.24, 2.45) is 0 Å². The highest BCUT2D eigenvalue weighted by atomic mass is 19.4. The average Bonchev–Trinajstić information content (AvgIpc) is 3.45. The van der Waals surface area contributed by atoms with Gasteiger partial charge in [0.05, 0.1) is 0 Å². The molecule has 0 bridgehead atoms. The summed E-state index contributed by atoms with van der Waals surface area (Å²) in [5.74, 6) is -1.91. The molecular formula is C24H21F3N4O3. The Morgan fingerprint density at radius 3 is 2.59 bits per heavy atom. The van der Waals surface area contributed by atoms with E-state index in [0.29, 0.717) is 31.6 Å². The van der Waals surface area contributed by atoms with Crippen LogP contribution in [0.2, 0.25) is 0 Å². The highest BCUT2D eigenvalue weighted by molar-refractivity contribution is 5.99. The van der Waals surface area contributed by atoms with Gasteiger partial charge in [-0.25, -0.2) is 0 Å². The second kappa shape index (κ2) is 8.27. The molecule has 2 unspecified atom stereocenters. The minimum absolute atomic E-state index is 0.00149. The molecule has 1 aromatic heterocycles. The zero-order valence-electron chi connectivity index (χ0n) is 18.2. The molecule has 5 rings (SSSR count). The van der Waals surface area contributed by atoms with Crippen LogP contribution >= 0.6 is 0 Å². The number of carbonyl (C=O) groups excluding carboxylic acids is 2. The summed E-state index contributed by atoms with van der Waals surface area (Å²) in [7, 11) is 0. The summed E-state index contributed by atoms with van der Waals surface area (Å²) < 4.78 is 42.8. The third-order valence-electron chi connectivity index (χ3n) is 6.52. The lowest BCUT2D eigenvalue weighted by Crippen LogP contribution is -2.51. The van der Waals surface area contributed by atoms with Crippen molar-refractivity contribution >= 4 is 11.8 Å². The van der Waals surface area contributed by atoms with E-state index < -0.39 is 12.1 Å². The molecule has 7 nitrogen and oxygen atoms in total. The SMILES string of the molecule is CC(=O)N1CCC(N2Cc3ccc(-c4noc(C(F)(F)F)n4)cc3C2=O)C(c2ccccc2)C1. The molecule has 3 aromatic rings. The molecule has 2 amide bonds. The number of piperidine rings is 1. The molecular weight excluding hydrogens is 449 g/mol. The van der Waals surface area contributed by atoms with E-state index in [1.54, 1.807) is 28.9 Å². The van der Waals surface area contributed by atoms with Gasteiger partial charge < -0.3 is 14.3 Å². The van der Waals surface area contributed by atoms with Gasteiger partial charge in [0, 0.05) is 49.6 Å². The van der Waals surface area contributed by atoms with E-state index in [9.17, 15) is 22.8 Å². The van der Waals surface area contributed by atoms with Gasteiger partial charge in [-0.1, -0.05) is 47.6 Å². The molecule has 0 N–H and O–H groups in total. The molecule has 3 heterocycles. The van der Waals surface area contributed by atoms with Gasteiger partial charge >= 0.3 is 12.1 Å². The number of hydrogen-bond acceptors (Lipinski definition) is 5. The number of aromatic nitrogens is 2. The Labute approximate surface area is 193 Å². The standard InChI is InChI=1S/C24H21F3N4O3/c1-14(32)30-10-9-20(19(13-30)15-5-3-2-4-6-15)31-12-17-8-7-16(11-18(17)22(31)33)21-28-23(34-29-21)24(25,26)27/h2-8,11,19-20H,9-10,12-13H2,1H3. The van der Waals surface area contributed by atoms with E-state index >= 15 is 0 Å². The van der Waals surface area contributed by atoms with Crippen molar-refractivity contribution in [2.75, 3.05) is 13.1 Å². The molecule has 2 atom stereocenters. The number of carbonyl (C=O) groups is 2. The normalized spacial score (nSPS) is 20.5. The number of alkyl halides is 3. The average molecular weight is 470 g/mol. The highest BCUT2D eigenvalue weighted by Gasteiger charge is 2.41. The first-order valence-corrected chi connectivity index (χ1v) is 10.9. The van der Waals surface area contributed by atoms with Gasteiger partial charge in [-0.15, -0.1) is 0 Å². The molecule has 2 aliphatic heterocycles. The van der Waals surface area contributed by atoms with Crippen molar-refractivity contribution in [3.05, 3.63) is 71.1 Å². The number of nitrogens with zero attached hydrogens (tertiary/aromatic N) is 4. The van der Waals surface area contributed by atoms with Crippen LogP contribution in [-0.4, -0.2) is 50.9 Å². The maximum atomic E-state index is 13.4. The first-order chi connectivity index (χ1) is 16.2. The van der Waals surface area contributed by atoms with Gasteiger partial charge in [0.1, 0.15) is 0 Å². The lowest BCUT2D eigenvalue weighted by Gasteiger charge is -2.42. The largest absolute Gasteiger partial charge is 0.471 e. The quantitative estimate of drug-likeness (QED) is 0.576. The molecule has 1 fully saturated rings. The molecule has 0 saturated carbocycles. The molecule has 0 aliphatic carbocycles. The van der Waals surface area contributed by atoms with Crippen LogP contribution in [0.1, 0.15) is 46.6 Å². The van der Waals surface area contributed by atoms with Crippen molar-refractivity contribution in [3.8, 4) is 11.4 Å². The molecule has 10 heteroatoms. The van der Waals surface area contributed by atoms with Crippen LogP contribution in [0.15, 0.2) is 53.1 Å². The number of rotatable bonds is 3. The number of likely N-dealkylation sites (tertiary alicyclic amines) is 1. The fourth-order valence-corrected chi connectivity index (χ4v) is 4.81. The summed E-state index contributed by atoms with van der Waals surface area (Å²) in [4.78, 5) is 32.5. The third kappa shape index (κ3) is 3.93. The summed E-state index contributed by atoms with van der Waals surface area (Å²) in [5.41, 5.74) is 2.53. The second-order valence-electron chi connectivity index (χ2n) is 8.56. The minimum Gasteiger partial charge on any atom is -0.342 e. The number of halogens is 3. The summed E-state index contributed by atoms with van der Waals surface area (Å²) in [6.07, 6.45) is -4.11. The van der Waals surface area contributed by atoms with Crippen molar-refractivity contribution < 1.29 is 27.3 Å². The van der Waals surface area contributed by atoms with Crippen LogP contribution in [0.25, 0.3) is 11.4 Å². The van der Waals surface area contributed by atoms with E-state index in [2.05, 4.69) is 14.7 Å². The Morgan fingerprint density at radius 1 is 1.15 bits per heavy atom. The van der Waals surface area contributed by atoms with E-state index in [1.807, 2.05) is 30.3 Å². The molecule has 0 spiro atoms. The predicted molar refractivity (Wildman–Crippen MR) is 114 cm³/mol. The molecule has 1 saturated heterocycles. The van der Waals surface area contributed by atoms with E-state index in [-0.39, 0.29) is 35.2 Å². The molecule has 2 aliphatic rings. The second-order valence-corrected chi connectivity index (χ2v) is 8.56. The number of hydrogen-bond donors (Lipinski definition) is 0. The molecule has 34 heavy (non-hydrogen) atoms. The molecule has 2 aromatic carbocycles. The molecule has 176 valence electrons. The van der Waals surface area contributed by atoms with Crippen molar-refractivity contribution in [3.63, 3.8) is 0 Å². The summed E-state index contributed by atoms with van der Waals surface area (Å²) in [5, 5.41) is 3.42. The third-order valence-corrected chi connectivity index (χ3v) is 6.52. The van der Waals surface area contributed by atoms with Crippen LogP contribution in [0.4, 0.5) is 13.2 Å². The van der Waals surface area contributed by atoms with Gasteiger partial charge in [-0.05, 0) is 23.6 Å². The van der Waals surface area contributed by atoms with Crippen LogP contribution in [0, 0.1) is 0 Å². The first kappa shape index (κ1) is 22.1. The number of fused-ring (bicyclic) bond motifs is 1. The summed E-state index contributed by atoms with van der Waals surface area (Å²) in [6.45, 7) is 3.00. The van der Waals surface area contributed by atoms with E-state index in [1.165, 1.54) is 6.07 Å². The van der Waals surface area contributed by atoms with Crippen LogP contribution in [0.5, 0.6) is 0 Å². The lowest BCUT2D eigenvalue weighted by molar-refractivity contribution is -0.159. The van der Waals surface area contributed by atoms with Gasteiger partial charge in [0.15, 0.2) is 0 Å². The monoisotopic (exact) mass is 470 g/mol. The maximum absolute atomic E-state index is 13.4. The van der Waals surface area contributed by atoms with E-state index in [4.69, 9.17) is 0 Å². The van der Waals surface area contributed by atoms with Crippen LogP contribution < -0.4 is 0 Å². The van der Waals surface area contributed by atoms with Crippen molar-refractivity contribution in [1.82, 2.24) is 19.9 Å². The fourth-order valence-electron chi connectivity index (χ4n) is 4.81. The molecule has 0 radical (unpaired) electrons. The van der Waals surface area contributed by atoms with Crippen LogP contribution in [0.3, 0.4) is 0 Å². The zero-order valence-corrected chi connectivity index (χ0v) is 18.2. The lowest BCUT2D eigenvalue weighted by atomic mass is 9.85. The highest BCUT2D eigenvalue weighted by Crippen LogP contribution is 2.37. The zero-order chi connectivity index (χ0) is 24.0. The fraction of sp³-hybridized carbons (Fsp3) is 0.333. The van der Waals surface area contributed by atoms with Gasteiger partial charge in [-0.2, -0.15) is 18.2 Å². The van der Waals surface area contributed by atoms with Crippen molar-refractivity contribution in [1.29, 1.82) is 0 Å². The Morgan fingerprint density at radius 2 is 1.91 bits per heavy atom. The minimum atomic E-state index is -4.74. The Bertz CT molecular complexity index is 1240. The van der Waals surface area contributed by atoms with Gasteiger partial charge in [0.2, 0.25) is 11.7 Å². The van der Waals surface area contributed by atoms with Gasteiger partial charge in [0.25, 0.3) is 5.91 Å². The van der Waals surface area contributed by atoms with Gasteiger partial charge in [-0.3, -0.25) is 9.59 Å². The van der Waals surface area contributed by atoms with E-state index in [0.717, 1.165) is 11.1 Å². The number of amides is 2. The van der Waals surface area contributed by atoms with Crippen molar-refractivity contribution in [2.45, 2.75) is 38.0 Å². The first-order valence-electron chi connectivity index (χ1n) is 10.9. The summed E-state index contributed by atoms with van der Waals surface area (Å²) >= 11 is 0. The Balaban J connectivity index is 1.43. The maximum Gasteiger partial charge on any atom is 0.471 e. The Kier molecular flexibility index (Phi) is 5.38. The Hall–Kier alpha value is -3.69. The number of benzene rings is 2. The predicted octanol–water partition coefficient (Wildman–Crippen LogP) is 4.12. The smallest absolute Gasteiger partial charge is 0.342 e. The topological polar surface area (TPSA) is 79.5 Å².